The van der Waals surface area contributed by atoms with Gasteiger partial charge < -0.3 is 25.3 Å². The lowest BCUT2D eigenvalue weighted by Gasteiger charge is -2.10. The number of ether oxygens (including phenoxy) is 1. The molecule has 0 spiro atoms. The van der Waals surface area contributed by atoms with Crippen LogP contribution in [0.1, 0.15) is 15.9 Å². The zero-order chi connectivity index (χ0) is 20.6. The Balaban J connectivity index is 1.98. The van der Waals surface area contributed by atoms with Crippen molar-refractivity contribution in [3.05, 3.63) is 63.5 Å². The predicted octanol–water partition coefficient (Wildman–Crippen LogP) is 2.61. The molecule has 28 heavy (non-hydrogen) atoms. The van der Waals surface area contributed by atoms with E-state index in [0.29, 0.717) is 5.69 Å². The number of fused-ring (bicyclic) bond motifs is 1. The lowest BCUT2D eigenvalue weighted by molar-refractivity contribution is 0.0727. The van der Waals surface area contributed by atoms with Crippen molar-refractivity contribution in [2.45, 2.75) is 6.92 Å². The molecule has 0 bridgehead atoms. The van der Waals surface area contributed by atoms with E-state index < -0.39 is 40.3 Å². The molecule has 3 rings (SSSR count). The van der Waals surface area contributed by atoms with Crippen molar-refractivity contribution in [2.24, 2.45) is 5.73 Å². The zero-order valence-electron chi connectivity index (χ0n) is 14.3. The van der Waals surface area contributed by atoms with Crippen molar-refractivity contribution < 1.29 is 27.8 Å². The van der Waals surface area contributed by atoms with Crippen LogP contribution >= 0.6 is 0 Å². The Kier molecular flexibility index (Phi) is 4.70. The molecule has 1 heterocycles. The number of aromatic hydroxyl groups is 1. The van der Waals surface area contributed by atoms with Crippen LogP contribution in [0.3, 0.4) is 0 Å². The van der Waals surface area contributed by atoms with Gasteiger partial charge in [0.15, 0.2) is 23.1 Å². The first kappa shape index (κ1) is 18.8. The van der Waals surface area contributed by atoms with Crippen LogP contribution in [-0.4, -0.2) is 17.0 Å². The molecule has 10 heteroatoms. The first-order valence-electron chi connectivity index (χ1n) is 7.76. The number of hydrogen-bond donors (Lipinski definition) is 4. The van der Waals surface area contributed by atoms with Crippen molar-refractivity contribution >= 4 is 28.6 Å². The SMILES string of the molecule is Cc1c(OC(=O)c2ccc(NC(=N)N)cc2)c(=O)oc2c(F)c(O)c(F)cc12. The molecule has 0 radical (unpaired) electrons. The molecule has 0 unspecified atom stereocenters. The number of hydrogen-bond acceptors (Lipinski definition) is 6. The van der Waals surface area contributed by atoms with E-state index in [0.717, 1.165) is 6.07 Å². The maximum absolute atomic E-state index is 13.9. The molecule has 0 aliphatic heterocycles. The second kappa shape index (κ2) is 6.99. The van der Waals surface area contributed by atoms with Gasteiger partial charge in [-0.2, -0.15) is 4.39 Å². The second-order valence-electron chi connectivity index (χ2n) is 5.75. The summed E-state index contributed by atoms with van der Waals surface area (Å²) in [4.78, 5) is 24.4. The number of nitrogens with one attached hydrogen (secondary N) is 2. The molecular weight excluding hydrogens is 376 g/mol. The minimum absolute atomic E-state index is 0.0349. The normalized spacial score (nSPS) is 10.7. The standard InChI is InChI=1S/C18H13F2N3O5/c1-7-10-6-11(19)13(24)12(20)15(10)28-17(26)14(7)27-16(25)8-2-4-9(5-3-8)23-18(21)22/h2-6,24H,1H3,(H4,21,22,23). The summed E-state index contributed by atoms with van der Waals surface area (Å²) in [6.45, 7) is 1.32. The number of carbonyl (C=O) groups excluding carboxylic acids is 1. The number of anilines is 1. The minimum Gasteiger partial charge on any atom is -0.503 e. The summed E-state index contributed by atoms with van der Waals surface area (Å²) in [7, 11) is 0. The van der Waals surface area contributed by atoms with Gasteiger partial charge >= 0.3 is 11.6 Å². The van der Waals surface area contributed by atoms with Crippen molar-refractivity contribution in [1.29, 1.82) is 5.41 Å². The van der Waals surface area contributed by atoms with E-state index in [1.807, 2.05) is 0 Å². The lowest BCUT2D eigenvalue weighted by atomic mass is 10.1. The third-order valence-electron chi connectivity index (χ3n) is 3.87. The highest BCUT2D eigenvalue weighted by Gasteiger charge is 2.22. The third kappa shape index (κ3) is 3.34. The van der Waals surface area contributed by atoms with Crippen LogP contribution in [0.2, 0.25) is 0 Å². The van der Waals surface area contributed by atoms with Crippen LogP contribution < -0.4 is 21.4 Å². The van der Waals surface area contributed by atoms with Crippen LogP contribution in [0.15, 0.2) is 39.5 Å². The average Bonchev–Trinajstić information content (AvgIpc) is 2.64. The maximum Gasteiger partial charge on any atom is 0.380 e. The molecule has 5 N–H and O–H groups in total. The van der Waals surface area contributed by atoms with Gasteiger partial charge in [0, 0.05) is 16.6 Å². The van der Waals surface area contributed by atoms with Gasteiger partial charge in [-0.1, -0.05) is 0 Å². The third-order valence-corrected chi connectivity index (χ3v) is 3.87. The first-order valence-corrected chi connectivity index (χ1v) is 7.76. The fourth-order valence-electron chi connectivity index (χ4n) is 2.50. The summed E-state index contributed by atoms with van der Waals surface area (Å²) in [5.41, 5.74) is 3.87. The molecule has 0 amide bonds. The number of guanidine groups is 1. The van der Waals surface area contributed by atoms with Crippen LogP contribution in [0.25, 0.3) is 11.0 Å². The van der Waals surface area contributed by atoms with Crippen molar-refractivity contribution in [3.63, 3.8) is 0 Å². The van der Waals surface area contributed by atoms with Gasteiger partial charge in [0.1, 0.15) is 0 Å². The zero-order valence-corrected chi connectivity index (χ0v) is 14.3. The van der Waals surface area contributed by atoms with Gasteiger partial charge in [-0.05, 0) is 37.3 Å². The van der Waals surface area contributed by atoms with Crippen LogP contribution in [0.5, 0.6) is 11.5 Å². The summed E-state index contributed by atoms with van der Waals surface area (Å²) in [5.74, 6) is -5.70. The topological polar surface area (TPSA) is 139 Å². The predicted molar refractivity (Wildman–Crippen MR) is 95.7 cm³/mol. The minimum atomic E-state index is -1.43. The molecule has 0 aliphatic rings. The second-order valence-corrected chi connectivity index (χ2v) is 5.75. The van der Waals surface area contributed by atoms with Crippen molar-refractivity contribution in [3.8, 4) is 11.5 Å². The van der Waals surface area contributed by atoms with Crippen LogP contribution in [-0.2, 0) is 0 Å². The van der Waals surface area contributed by atoms with Crippen LogP contribution in [0.4, 0.5) is 14.5 Å². The summed E-state index contributed by atoms with van der Waals surface area (Å²) >= 11 is 0. The average molecular weight is 389 g/mol. The van der Waals surface area contributed by atoms with Gasteiger partial charge in [0.05, 0.1) is 5.56 Å². The number of rotatable bonds is 3. The Hall–Kier alpha value is -3.95. The van der Waals surface area contributed by atoms with Crippen LogP contribution in [0, 0.1) is 24.0 Å². The number of benzene rings is 2. The Bertz CT molecular complexity index is 1170. The van der Waals surface area contributed by atoms with E-state index in [4.69, 9.17) is 20.3 Å². The highest BCUT2D eigenvalue weighted by Crippen LogP contribution is 2.32. The fraction of sp³-hybridized carbons (Fsp3) is 0.0556. The maximum atomic E-state index is 13.9. The van der Waals surface area contributed by atoms with E-state index in [-0.39, 0.29) is 22.5 Å². The molecule has 0 atom stereocenters. The van der Waals surface area contributed by atoms with Crippen molar-refractivity contribution in [1.82, 2.24) is 0 Å². The summed E-state index contributed by atoms with van der Waals surface area (Å²) in [6.07, 6.45) is 0. The van der Waals surface area contributed by atoms with Gasteiger partial charge in [0.25, 0.3) is 0 Å². The van der Waals surface area contributed by atoms with E-state index in [9.17, 15) is 23.5 Å². The number of phenols is 1. The number of nitrogens with two attached hydrogens (primary N) is 1. The highest BCUT2D eigenvalue weighted by atomic mass is 19.1. The molecule has 144 valence electrons. The summed E-state index contributed by atoms with van der Waals surface area (Å²) in [5, 5.41) is 18.8. The molecule has 8 nitrogen and oxygen atoms in total. The largest absolute Gasteiger partial charge is 0.503 e. The Labute approximate surface area is 155 Å². The van der Waals surface area contributed by atoms with E-state index in [1.54, 1.807) is 0 Å². The quantitative estimate of drug-likeness (QED) is 0.234. The number of halogens is 2. The Morgan fingerprint density at radius 1 is 1.29 bits per heavy atom. The van der Waals surface area contributed by atoms with Crippen molar-refractivity contribution in [2.75, 3.05) is 5.32 Å². The molecule has 3 aromatic rings. The Morgan fingerprint density at radius 2 is 1.93 bits per heavy atom. The number of carbonyl (C=O) groups is 1. The van der Waals surface area contributed by atoms with Gasteiger partial charge in [0.2, 0.25) is 11.6 Å². The van der Waals surface area contributed by atoms with Gasteiger partial charge in [-0.25, -0.2) is 14.0 Å². The van der Waals surface area contributed by atoms with E-state index >= 15 is 0 Å². The van der Waals surface area contributed by atoms with E-state index in [1.165, 1.54) is 31.2 Å². The first-order chi connectivity index (χ1) is 13.2. The smallest absolute Gasteiger partial charge is 0.380 e. The molecular formula is C18H13F2N3O5. The Morgan fingerprint density at radius 3 is 2.54 bits per heavy atom. The van der Waals surface area contributed by atoms with Gasteiger partial charge in [-0.3, -0.25) is 5.41 Å². The molecule has 0 saturated heterocycles. The number of phenolic OH excluding ortho intramolecular Hbond substituents is 1. The monoisotopic (exact) mass is 389 g/mol. The summed E-state index contributed by atoms with van der Waals surface area (Å²) < 4.78 is 37.4. The number of aryl methyl sites for hydroxylation is 1. The molecule has 0 saturated carbocycles. The lowest BCUT2D eigenvalue weighted by Crippen LogP contribution is -2.20. The molecule has 2 aromatic carbocycles. The number of esters is 1. The van der Waals surface area contributed by atoms with E-state index in [2.05, 4.69) is 5.32 Å². The molecule has 0 fully saturated rings. The molecule has 0 aliphatic carbocycles. The van der Waals surface area contributed by atoms with Gasteiger partial charge in [-0.15, -0.1) is 0 Å². The fourth-order valence-corrected chi connectivity index (χ4v) is 2.50. The highest BCUT2D eigenvalue weighted by molar-refractivity contribution is 5.94. The summed E-state index contributed by atoms with van der Waals surface area (Å²) in [6, 6.07) is 6.42. The molecule has 1 aromatic heterocycles.